The lowest BCUT2D eigenvalue weighted by molar-refractivity contribution is -0.118. The molecule has 0 spiro atoms. The summed E-state index contributed by atoms with van der Waals surface area (Å²) >= 11 is 5.96. The first-order valence-electron chi connectivity index (χ1n) is 6.99. The van der Waals surface area contributed by atoms with Crippen LogP contribution in [-0.2, 0) is 4.79 Å². The number of carbonyl (C=O) groups excluding carboxylic acids is 1. The second-order valence-corrected chi connectivity index (χ2v) is 6.03. The summed E-state index contributed by atoms with van der Waals surface area (Å²) in [6.45, 7) is 8.46. The van der Waals surface area contributed by atoms with E-state index in [-0.39, 0.29) is 5.91 Å². The molecule has 0 saturated carbocycles. The minimum absolute atomic E-state index is 0.0105. The number of carbonyl (C=O) groups is 1. The molecule has 1 aromatic carbocycles. The van der Waals surface area contributed by atoms with Gasteiger partial charge in [-0.3, -0.25) is 9.69 Å². The van der Waals surface area contributed by atoms with Crippen molar-refractivity contribution in [1.29, 1.82) is 0 Å². The van der Waals surface area contributed by atoms with Crippen molar-refractivity contribution >= 4 is 23.2 Å². The maximum absolute atomic E-state index is 12.2. The van der Waals surface area contributed by atoms with Gasteiger partial charge >= 0.3 is 0 Å². The molecule has 2 unspecified atom stereocenters. The third-order valence-corrected chi connectivity index (χ3v) is 3.95. The van der Waals surface area contributed by atoms with Gasteiger partial charge in [-0.25, -0.2) is 0 Å². The topological polar surface area (TPSA) is 44.4 Å². The summed E-state index contributed by atoms with van der Waals surface area (Å²) in [7, 11) is 0. The van der Waals surface area contributed by atoms with Gasteiger partial charge < -0.3 is 10.6 Å². The number of hydrogen-bond donors (Lipinski definition) is 2. The average Bonchev–Trinajstić information content (AvgIpc) is 2.38. The zero-order valence-electron chi connectivity index (χ0n) is 12.2. The summed E-state index contributed by atoms with van der Waals surface area (Å²) in [5.74, 6) is 0.0105. The Hall–Kier alpha value is -1.10. The van der Waals surface area contributed by atoms with E-state index in [9.17, 15) is 4.79 Å². The number of nitrogens with one attached hydrogen (secondary N) is 2. The molecule has 110 valence electrons. The Balaban J connectivity index is 1.96. The van der Waals surface area contributed by atoms with E-state index in [1.54, 1.807) is 6.07 Å². The molecular formula is C15H22ClN3O. The summed E-state index contributed by atoms with van der Waals surface area (Å²) < 4.78 is 0. The van der Waals surface area contributed by atoms with Crippen molar-refractivity contribution in [3.05, 3.63) is 28.8 Å². The van der Waals surface area contributed by atoms with Crippen LogP contribution in [0.2, 0.25) is 5.02 Å². The van der Waals surface area contributed by atoms with Gasteiger partial charge in [-0.15, -0.1) is 0 Å². The standard InChI is InChI=1S/C15H22ClN3O/c1-10-4-5-13(16)6-14(10)18-15(20)9-19-8-11(2)17-7-12(19)3/h4-6,11-12,17H,7-9H2,1-3H3,(H,18,20). The van der Waals surface area contributed by atoms with E-state index >= 15 is 0 Å². The number of aryl methyl sites for hydroxylation is 1. The van der Waals surface area contributed by atoms with Crippen LogP contribution in [0.4, 0.5) is 5.69 Å². The molecule has 1 aromatic rings. The summed E-state index contributed by atoms with van der Waals surface area (Å²) in [5, 5.41) is 6.99. The predicted molar refractivity (Wildman–Crippen MR) is 83.3 cm³/mol. The molecule has 0 radical (unpaired) electrons. The first kappa shape index (κ1) is 15.3. The molecule has 1 amide bonds. The molecule has 1 aliphatic rings. The summed E-state index contributed by atoms with van der Waals surface area (Å²) in [6.07, 6.45) is 0. The van der Waals surface area contributed by atoms with Crippen molar-refractivity contribution in [3.63, 3.8) is 0 Å². The maximum atomic E-state index is 12.2. The largest absolute Gasteiger partial charge is 0.325 e. The van der Waals surface area contributed by atoms with Crippen LogP contribution in [-0.4, -0.2) is 42.5 Å². The zero-order valence-corrected chi connectivity index (χ0v) is 13.0. The third kappa shape index (κ3) is 3.95. The lowest BCUT2D eigenvalue weighted by Gasteiger charge is -2.36. The molecule has 1 saturated heterocycles. The number of hydrogen-bond acceptors (Lipinski definition) is 3. The van der Waals surface area contributed by atoms with Gasteiger partial charge in [0.15, 0.2) is 0 Å². The Bertz CT molecular complexity index is 492. The van der Waals surface area contributed by atoms with Crippen LogP contribution in [0.1, 0.15) is 19.4 Å². The lowest BCUT2D eigenvalue weighted by Crippen LogP contribution is -2.55. The predicted octanol–water partition coefficient (Wildman–Crippen LogP) is 2.27. The Morgan fingerprint density at radius 3 is 3.00 bits per heavy atom. The maximum Gasteiger partial charge on any atom is 0.238 e. The molecule has 1 fully saturated rings. The fourth-order valence-electron chi connectivity index (χ4n) is 2.42. The second-order valence-electron chi connectivity index (χ2n) is 5.60. The molecule has 0 bridgehead atoms. The minimum Gasteiger partial charge on any atom is -0.325 e. The van der Waals surface area contributed by atoms with Crippen molar-refractivity contribution < 1.29 is 4.79 Å². The van der Waals surface area contributed by atoms with Crippen molar-refractivity contribution in [2.24, 2.45) is 0 Å². The van der Waals surface area contributed by atoms with Crippen molar-refractivity contribution in [2.45, 2.75) is 32.9 Å². The molecule has 5 heteroatoms. The quantitative estimate of drug-likeness (QED) is 0.899. The van der Waals surface area contributed by atoms with E-state index in [2.05, 4.69) is 29.4 Å². The Morgan fingerprint density at radius 2 is 2.25 bits per heavy atom. The minimum atomic E-state index is 0.0105. The van der Waals surface area contributed by atoms with Gasteiger partial charge in [0.05, 0.1) is 6.54 Å². The van der Waals surface area contributed by atoms with Crippen molar-refractivity contribution in [3.8, 4) is 0 Å². The van der Waals surface area contributed by atoms with Gasteiger partial charge in [0.25, 0.3) is 0 Å². The van der Waals surface area contributed by atoms with E-state index in [0.717, 1.165) is 24.3 Å². The van der Waals surface area contributed by atoms with E-state index < -0.39 is 0 Å². The highest BCUT2D eigenvalue weighted by atomic mass is 35.5. The molecule has 1 heterocycles. The summed E-state index contributed by atoms with van der Waals surface area (Å²) in [5.41, 5.74) is 1.81. The normalized spacial score (nSPS) is 23.6. The molecule has 2 N–H and O–H groups in total. The third-order valence-electron chi connectivity index (χ3n) is 3.71. The lowest BCUT2D eigenvalue weighted by atomic mass is 10.1. The Labute approximate surface area is 125 Å². The van der Waals surface area contributed by atoms with Crippen LogP contribution in [0.5, 0.6) is 0 Å². The van der Waals surface area contributed by atoms with E-state index in [0.29, 0.717) is 23.7 Å². The van der Waals surface area contributed by atoms with Crippen LogP contribution < -0.4 is 10.6 Å². The smallest absolute Gasteiger partial charge is 0.238 e. The number of anilines is 1. The number of nitrogens with zero attached hydrogens (tertiary/aromatic N) is 1. The monoisotopic (exact) mass is 295 g/mol. The van der Waals surface area contributed by atoms with Gasteiger partial charge in [-0.1, -0.05) is 17.7 Å². The average molecular weight is 296 g/mol. The van der Waals surface area contributed by atoms with E-state index in [4.69, 9.17) is 11.6 Å². The number of piperazine rings is 1. The highest BCUT2D eigenvalue weighted by molar-refractivity contribution is 6.31. The number of amides is 1. The van der Waals surface area contributed by atoms with Crippen LogP contribution in [0.25, 0.3) is 0 Å². The zero-order chi connectivity index (χ0) is 14.7. The second kappa shape index (κ2) is 6.57. The van der Waals surface area contributed by atoms with Gasteiger partial charge in [0.1, 0.15) is 0 Å². The molecule has 20 heavy (non-hydrogen) atoms. The van der Waals surface area contributed by atoms with Crippen LogP contribution in [0, 0.1) is 6.92 Å². The van der Waals surface area contributed by atoms with E-state index in [1.807, 2.05) is 19.1 Å². The molecule has 0 aromatic heterocycles. The highest BCUT2D eigenvalue weighted by Crippen LogP contribution is 2.20. The first-order valence-corrected chi connectivity index (χ1v) is 7.37. The van der Waals surface area contributed by atoms with Gasteiger partial charge in [0.2, 0.25) is 5.91 Å². The molecule has 0 aliphatic carbocycles. The van der Waals surface area contributed by atoms with Gasteiger partial charge in [0, 0.05) is 35.9 Å². The summed E-state index contributed by atoms with van der Waals surface area (Å²) in [4.78, 5) is 14.4. The summed E-state index contributed by atoms with van der Waals surface area (Å²) in [6, 6.07) is 6.32. The number of benzene rings is 1. The molecule has 4 nitrogen and oxygen atoms in total. The van der Waals surface area contributed by atoms with Crippen LogP contribution in [0.3, 0.4) is 0 Å². The fourth-order valence-corrected chi connectivity index (χ4v) is 2.59. The van der Waals surface area contributed by atoms with Gasteiger partial charge in [-0.2, -0.15) is 0 Å². The molecular weight excluding hydrogens is 274 g/mol. The fraction of sp³-hybridized carbons (Fsp3) is 0.533. The van der Waals surface area contributed by atoms with E-state index in [1.165, 1.54) is 0 Å². The molecule has 1 aliphatic heterocycles. The Kier molecular flexibility index (Phi) is 5.02. The SMILES string of the molecule is Cc1ccc(Cl)cc1NC(=O)CN1CC(C)NCC1C. The van der Waals surface area contributed by atoms with Crippen molar-refractivity contribution in [2.75, 3.05) is 25.0 Å². The van der Waals surface area contributed by atoms with Crippen molar-refractivity contribution in [1.82, 2.24) is 10.2 Å². The van der Waals surface area contributed by atoms with Gasteiger partial charge in [-0.05, 0) is 38.5 Å². The van der Waals surface area contributed by atoms with Crippen LogP contribution >= 0.6 is 11.6 Å². The molecule has 2 rings (SSSR count). The first-order chi connectivity index (χ1) is 9.45. The molecule has 2 atom stereocenters. The number of halogens is 1. The highest BCUT2D eigenvalue weighted by Gasteiger charge is 2.24. The Morgan fingerprint density at radius 1 is 1.50 bits per heavy atom. The van der Waals surface area contributed by atoms with Crippen LogP contribution in [0.15, 0.2) is 18.2 Å². The number of rotatable bonds is 3.